The van der Waals surface area contributed by atoms with Crippen LogP contribution in [0.4, 0.5) is 5.69 Å². The van der Waals surface area contributed by atoms with Crippen LogP contribution in [0.5, 0.6) is 11.8 Å². The Hall–Kier alpha value is -2.51. The molecular weight excluding hydrogens is 296 g/mol. The Labute approximate surface area is 134 Å². The first-order valence-electron chi connectivity index (χ1n) is 7.40. The number of carbonyl (C=O) groups excluding carboxylic acids is 1. The van der Waals surface area contributed by atoms with Crippen molar-refractivity contribution in [2.24, 2.45) is 0 Å². The second-order valence-corrected chi connectivity index (χ2v) is 5.18. The highest BCUT2D eigenvalue weighted by Crippen LogP contribution is 2.20. The number of anilines is 1. The molecule has 1 atom stereocenters. The molecule has 0 radical (unpaired) electrons. The van der Waals surface area contributed by atoms with Crippen LogP contribution >= 0.6 is 0 Å². The molecule has 2 N–H and O–H groups in total. The normalized spacial score (nSPS) is 17.5. The molecule has 0 aliphatic carbocycles. The first kappa shape index (κ1) is 15.4. The van der Waals surface area contributed by atoms with E-state index in [1.807, 2.05) is 6.92 Å². The van der Waals surface area contributed by atoms with Crippen LogP contribution < -0.4 is 15.4 Å². The van der Waals surface area contributed by atoms with Crippen LogP contribution in [0.3, 0.4) is 0 Å². The van der Waals surface area contributed by atoms with Crippen molar-refractivity contribution in [2.45, 2.75) is 13.0 Å². The van der Waals surface area contributed by atoms with Crippen molar-refractivity contribution in [3.63, 3.8) is 0 Å². The lowest BCUT2D eigenvalue weighted by Gasteiger charge is -2.22. The summed E-state index contributed by atoms with van der Waals surface area (Å²) in [6.07, 6.45) is 1.64. The minimum Gasteiger partial charge on any atom is -0.424 e. The van der Waals surface area contributed by atoms with Crippen molar-refractivity contribution in [1.82, 2.24) is 15.3 Å². The monoisotopic (exact) mass is 314 g/mol. The van der Waals surface area contributed by atoms with Gasteiger partial charge in [-0.3, -0.25) is 4.79 Å². The number of rotatable bonds is 4. The Morgan fingerprint density at radius 2 is 2.17 bits per heavy atom. The van der Waals surface area contributed by atoms with E-state index in [4.69, 9.17) is 9.47 Å². The zero-order valence-electron chi connectivity index (χ0n) is 12.8. The third-order valence-electron chi connectivity index (χ3n) is 3.34. The number of amides is 1. The van der Waals surface area contributed by atoms with Crippen molar-refractivity contribution < 1.29 is 14.3 Å². The predicted octanol–water partition coefficient (Wildman–Crippen LogP) is 1.50. The highest BCUT2D eigenvalue weighted by atomic mass is 16.5. The van der Waals surface area contributed by atoms with Gasteiger partial charge in [0.2, 0.25) is 5.91 Å². The second-order valence-electron chi connectivity index (χ2n) is 5.18. The summed E-state index contributed by atoms with van der Waals surface area (Å²) < 4.78 is 10.8. The molecule has 2 heterocycles. The molecule has 3 rings (SSSR count). The highest BCUT2D eigenvalue weighted by Gasteiger charge is 2.21. The van der Waals surface area contributed by atoms with Gasteiger partial charge in [-0.2, -0.15) is 0 Å². The molecule has 120 valence electrons. The number of hydrogen-bond donors (Lipinski definition) is 2. The zero-order chi connectivity index (χ0) is 16.1. The van der Waals surface area contributed by atoms with Gasteiger partial charge in [0, 0.05) is 24.1 Å². The number of benzene rings is 1. The molecule has 7 heteroatoms. The van der Waals surface area contributed by atoms with Crippen molar-refractivity contribution in [1.29, 1.82) is 0 Å². The number of aromatic nitrogens is 2. The third-order valence-corrected chi connectivity index (χ3v) is 3.34. The molecule has 7 nitrogen and oxygen atoms in total. The van der Waals surface area contributed by atoms with E-state index >= 15 is 0 Å². The van der Waals surface area contributed by atoms with Gasteiger partial charge < -0.3 is 20.1 Å². The van der Waals surface area contributed by atoms with E-state index < -0.39 is 0 Å². The summed E-state index contributed by atoms with van der Waals surface area (Å²) in [5, 5.41) is 5.95. The van der Waals surface area contributed by atoms with E-state index in [0.29, 0.717) is 37.2 Å². The van der Waals surface area contributed by atoms with Gasteiger partial charge in [-0.05, 0) is 37.3 Å². The average molecular weight is 314 g/mol. The maximum absolute atomic E-state index is 12.1. The number of nitrogens with one attached hydrogen (secondary N) is 2. The van der Waals surface area contributed by atoms with Gasteiger partial charge in [-0.1, -0.05) is 0 Å². The Balaban J connectivity index is 1.59. The molecule has 23 heavy (non-hydrogen) atoms. The smallest absolute Gasteiger partial charge is 0.322 e. The lowest BCUT2D eigenvalue weighted by molar-refractivity contribution is -0.120. The summed E-state index contributed by atoms with van der Waals surface area (Å²) in [6.45, 7) is 3.58. The van der Waals surface area contributed by atoms with Crippen LogP contribution in [0, 0.1) is 6.92 Å². The standard InChI is InChI=1S/C16H18N4O3/c1-11-6-7-18-16(19-11)23-13-4-2-12(3-5-13)20-15(21)14-10-22-9-8-17-14/h2-7,14,17H,8-10H2,1H3,(H,20,21). The molecule has 1 aromatic carbocycles. The summed E-state index contributed by atoms with van der Waals surface area (Å²) in [6, 6.07) is 8.83. The summed E-state index contributed by atoms with van der Waals surface area (Å²) in [7, 11) is 0. The van der Waals surface area contributed by atoms with Gasteiger partial charge in [-0.25, -0.2) is 9.97 Å². The molecule has 1 saturated heterocycles. The molecule has 1 aliphatic rings. The Morgan fingerprint density at radius 3 is 2.87 bits per heavy atom. The first-order chi connectivity index (χ1) is 11.2. The second kappa shape index (κ2) is 7.17. The van der Waals surface area contributed by atoms with Crippen LogP contribution in [0.1, 0.15) is 5.69 Å². The molecule has 1 aromatic heterocycles. The molecule has 0 bridgehead atoms. The van der Waals surface area contributed by atoms with Crippen molar-refractivity contribution in [2.75, 3.05) is 25.1 Å². The molecule has 0 spiro atoms. The van der Waals surface area contributed by atoms with Crippen LogP contribution in [0.2, 0.25) is 0 Å². The van der Waals surface area contributed by atoms with Crippen LogP contribution in [-0.2, 0) is 9.53 Å². The van der Waals surface area contributed by atoms with Crippen molar-refractivity contribution in [3.05, 3.63) is 42.2 Å². The molecule has 2 aromatic rings. The van der Waals surface area contributed by atoms with E-state index in [9.17, 15) is 4.79 Å². The topological polar surface area (TPSA) is 85.4 Å². The quantitative estimate of drug-likeness (QED) is 0.889. The van der Waals surface area contributed by atoms with E-state index in [1.165, 1.54) is 0 Å². The Bertz CT molecular complexity index is 669. The number of morpholine rings is 1. The number of carbonyl (C=O) groups is 1. The molecule has 1 amide bonds. The predicted molar refractivity (Wildman–Crippen MR) is 84.5 cm³/mol. The molecule has 1 fully saturated rings. The maximum atomic E-state index is 12.1. The lowest BCUT2D eigenvalue weighted by atomic mass is 10.2. The van der Waals surface area contributed by atoms with Gasteiger partial charge in [0.15, 0.2) is 0 Å². The minimum atomic E-state index is -0.319. The number of ether oxygens (including phenoxy) is 2. The number of nitrogens with zero attached hydrogens (tertiary/aromatic N) is 2. The van der Waals surface area contributed by atoms with Crippen LogP contribution in [0.15, 0.2) is 36.5 Å². The average Bonchev–Trinajstić information content (AvgIpc) is 2.57. The third kappa shape index (κ3) is 4.24. The SMILES string of the molecule is Cc1ccnc(Oc2ccc(NC(=O)C3COCCN3)cc2)n1. The van der Waals surface area contributed by atoms with Crippen molar-refractivity contribution >= 4 is 11.6 Å². The van der Waals surface area contributed by atoms with Crippen LogP contribution in [0.25, 0.3) is 0 Å². The number of aryl methyl sites for hydroxylation is 1. The van der Waals surface area contributed by atoms with Gasteiger partial charge in [0.25, 0.3) is 0 Å². The molecule has 0 saturated carbocycles. The van der Waals surface area contributed by atoms with Gasteiger partial charge >= 0.3 is 6.01 Å². The highest BCUT2D eigenvalue weighted by molar-refractivity contribution is 5.95. The number of hydrogen-bond acceptors (Lipinski definition) is 6. The molecule has 1 unspecified atom stereocenters. The fourth-order valence-corrected chi connectivity index (χ4v) is 2.15. The largest absolute Gasteiger partial charge is 0.424 e. The maximum Gasteiger partial charge on any atom is 0.322 e. The minimum absolute atomic E-state index is 0.111. The summed E-state index contributed by atoms with van der Waals surface area (Å²) >= 11 is 0. The Morgan fingerprint density at radius 1 is 1.35 bits per heavy atom. The van der Waals surface area contributed by atoms with E-state index in [1.54, 1.807) is 36.5 Å². The van der Waals surface area contributed by atoms with Gasteiger partial charge in [-0.15, -0.1) is 0 Å². The molecule has 1 aliphatic heterocycles. The fraction of sp³-hybridized carbons (Fsp3) is 0.312. The summed E-state index contributed by atoms with van der Waals surface area (Å²) in [5.74, 6) is 0.494. The first-order valence-corrected chi connectivity index (χ1v) is 7.40. The summed E-state index contributed by atoms with van der Waals surface area (Å²) in [5.41, 5.74) is 1.53. The van der Waals surface area contributed by atoms with Crippen molar-refractivity contribution in [3.8, 4) is 11.8 Å². The summed E-state index contributed by atoms with van der Waals surface area (Å²) in [4.78, 5) is 20.3. The van der Waals surface area contributed by atoms with E-state index in [-0.39, 0.29) is 11.9 Å². The van der Waals surface area contributed by atoms with Gasteiger partial charge in [0.05, 0.1) is 13.2 Å². The zero-order valence-corrected chi connectivity index (χ0v) is 12.8. The lowest BCUT2D eigenvalue weighted by Crippen LogP contribution is -2.48. The fourth-order valence-electron chi connectivity index (χ4n) is 2.15. The Kier molecular flexibility index (Phi) is 4.80. The molecular formula is C16H18N4O3. The van der Waals surface area contributed by atoms with E-state index in [0.717, 1.165) is 5.69 Å². The van der Waals surface area contributed by atoms with Crippen LogP contribution in [-0.4, -0.2) is 41.7 Å². The van der Waals surface area contributed by atoms with Gasteiger partial charge in [0.1, 0.15) is 11.8 Å². The van der Waals surface area contributed by atoms with E-state index in [2.05, 4.69) is 20.6 Å².